The van der Waals surface area contributed by atoms with Gasteiger partial charge in [-0.2, -0.15) is 13.2 Å². The molecule has 3 unspecified atom stereocenters. The van der Waals surface area contributed by atoms with Crippen molar-refractivity contribution in [2.75, 3.05) is 0 Å². The summed E-state index contributed by atoms with van der Waals surface area (Å²) < 4.78 is 48.6. The van der Waals surface area contributed by atoms with Gasteiger partial charge in [-0.1, -0.05) is 25.1 Å². The van der Waals surface area contributed by atoms with Crippen molar-refractivity contribution in [1.29, 1.82) is 0 Å². The Kier molecular flexibility index (Phi) is 6.49. The zero-order valence-corrected chi connectivity index (χ0v) is 20.4. The molecule has 2 heterocycles. The van der Waals surface area contributed by atoms with Gasteiger partial charge in [0.1, 0.15) is 11.3 Å². The molecule has 2 saturated heterocycles. The third-order valence-electron chi connectivity index (χ3n) is 8.61. The first-order valence-electron chi connectivity index (χ1n) is 12.9. The molecule has 3 atom stereocenters. The Morgan fingerprint density at radius 3 is 2.29 bits per heavy atom. The van der Waals surface area contributed by atoms with Crippen LogP contribution < -0.4 is 4.74 Å². The zero-order chi connectivity index (χ0) is 24.9. The highest BCUT2D eigenvalue weighted by Crippen LogP contribution is 2.46. The van der Waals surface area contributed by atoms with Crippen molar-refractivity contribution in [2.24, 2.45) is 11.8 Å². The lowest BCUT2D eigenvalue weighted by molar-refractivity contribution is -0.144. The third kappa shape index (κ3) is 4.76. The molecular weight excluding hydrogens is 455 g/mol. The number of rotatable bonds is 5. The van der Waals surface area contributed by atoms with Gasteiger partial charge in [0, 0.05) is 18.1 Å². The molecule has 0 aromatic heterocycles. The first kappa shape index (κ1) is 24.4. The summed E-state index contributed by atoms with van der Waals surface area (Å²) in [4.78, 5) is 13.9. The molecule has 4 nitrogen and oxygen atoms in total. The summed E-state index contributed by atoms with van der Waals surface area (Å²) >= 11 is 0. The van der Waals surface area contributed by atoms with Crippen LogP contribution in [0.5, 0.6) is 5.75 Å². The average Bonchev–Trinajstić information content (AvgIpc) is 3.07. The minimum Gasteiger partial charge on any atom is -0.490 e. The van der Waals surface area contributed by atoms with E-state index >= 15 is 0 Å². The van der Waals surface area contributed by atoms with Gasteiger partial charge in [-0.05, 0) is 92.7 Å². The molecule has 2 bridgehead atoms. The van der Waals surface area contributed by atoms with Crippen molar-refractivity contribution >= 4 is 16.7 Å². The van der Waals surface area contributed by atoms with E-state index < -0.39 is 17.7 Å². The monoisotopic (exact) mass is 489 g/mol. The van der Waals surface area contributed by atoms with E-state index in [4.69, 9.17) is 4.74 Å². The number of aliphatic carboxylic acids is 1. The summed E-state index contributed by atoms with van der Waals surface area (Å²) in [5.41, 5.74) is 0.279. The topological polar surface area (TPSA) is 49.8 Å². The number of fused-ring (bicyclic) bond motifs is 3. The molecule has 1 N–H and O–H groups in total. The summed E-state index contributed by atoms with van der Waals surface area (Å²) in [6.07, 6.45) is 2.08. The first-order valence-corrected chi connectivity index (χ1v) is 12.9. The van der Waals surface area contributed by atoms with E-state index in [2.05, 4.69) is 18.7 Å². The van der Waals surface area contributed by atoms with Crippen molar-refractivity contribution in [1.82, 2.24) is 4.90 Å². The molecule has 2 aliphatic heterocycles. The van der Waals surface area contributed by atoms with Crippen LogP contribution in [-0.2, 0) is 11.0 Å². The van der Waals surface area contributed by atoms with E-state index in [1.807, 2.05) is 6.07 Å². The highest BCUT2D eigenvalue weighted by molar-refractivity contribution is 5.89. The van der Waals surface area contributed by atoms with Crippen molar-refractivity contribution < 1.29 is 27.8 Å². The van der Waals surface area contributed by atoms with Crippen molar-refractivity contribution in [3.05, 3.63) is 41.5 Å². The molecule has 5 rings (SSSR count). The second-order valence-corrected chi connectivity index (χ2v) is 10.9. The maximum atomic E-state index is 14.2. The molecule has 35 heavy (non-hydrogen) atoms. The van der Waals surface area contributed by atoms with E-state index in [1.165, 1.54) is 6.07 Å². The van der Waals surface area contributed by atoms with E-state index in [1.54, 1.807) is 18.2 Å². The Balaban J connectivity index is 1.43. The molecule has 0 amide bonds. The highest BCUT2D eigenvalue weighted by Gasteiger charge is 2.45. The van der Waals surface area contributed by atoms with E-state index in [-0.39, 0.29) is 41.3 Å². The van der Waals surface area contributed by atoms with Gasteiger partial charge in [-0.15, -0.1) is 0 Å². The lowest BCUT2D eigenvalue weighted by atomic mass is 9.88. The number of nitrogens with zero attached hydrogens (tertiary/aromatic N) is 1. The lowest BCUT2D eigenvalue weighted by Gasteiger charge is -2.41. The van der Waals surface area contributed by atoms with Crippen molar-refractivity contribution in [3.63, 3.8) is 0 Å². The largest absolute Gasteiger partial charge is 0.490 e. The molecule has 190 valence electrons. The first-order chi connectivity index (χ1) is 16.6. The number of hydrogen-bond donors (Lipinski definition) is 1. The van der Waals surface area contributed by atoms with Crippen LogP contribution in [0.25, 0.3) is 10.8 Å². The van der Waals surface area contributed by atoms with Crippen molar-refractivity contribution in [2.45, 2.75) is 95.6 Å². The van der Waals surface area contributed by atoms with E-state index in [0.29, 0.717) is 24.1 Å². The molecule has 0 radical (unpaired) electrons. The fourth-order valence-corrected chi connectivity index (χ4v) is 6.73. The molecule has 1 aliphatic carbocycles. The van der Waals surface area contributed by atoms with Crippen LogP contribution in [0.15, 0.2) is 30.3 Å². The number of halogens is 3. The van der Waals surface area contributed by atoms with E-state index in [9.17, 15) is 23.1 Å². The molecular formula is C28H34F3NO3. The number of carboxylic acid groups (broad SMARTS) is 1. The number of ether oxygens (including phenoxy) is 1. The summed E-state index contributed by atoms with van der Waals surface area (Å²) in [6, 6.07) is 8.92. The fraction of sp³-hybridized carbons (Fsp3) is 0.607. The van der Waals surface area contributed by atoms with Gasteiger partial charge >= 0.3 is 12.1 Å². The van der Waals surface area contributed by atoms with Gasteiger partial charge < -0.3 is 9.84 Å². The molecule has 1 saturated carbocycles. The zero-order valence-electron chi connectivity index (χ0n) is 20.4. The van der Waals surface area contributed by atoms with Crippen LogP contribution in [-0.4, -0.2) is 34.2 Å². The average molecular weight is 490 g/mol. The number of alkyl halides is 3. The number of hydrogen-bond acceptors (Lipinski definition) is 3. The quantitative estimate of drug-likeness (QED) is 0.482. The number of benzene rings is 2. The van der Waals surface area contributed by atoms with Crippen LogP contribution >= 0.6 is 0 Å². The highest BCUT2D eigenvalue weighted by atomic mass is 19.4. The maximum Gasteiger partial charge on any atom is 0.420 e. The van der Waals surface area contributed by atoms with Gasteiger partial charge in [0.2, 0.25) is 0 Å². The second kappa shape index (κ2) is 9.30. The Bertz CT molecular complexity index is 1080. The predicted octanol–water partition coefficient (Wildman–Crippen LogP) is 7.20. The number of carboxylic acids is 1. The van der Waals surface area contributed by atoms with Gasteiger partial charge in [-0.25, -0.2) is 0 Å². The molecule has 3 fully saturated rings. The molecule has 3 aliphatic rings. The molecule has 2 aromatic rings. The SMILES string of the molecule is CC(c1ccc2c(C(F)(F)F)c(O[C@H]3CC[C@@H](C)CC3)ccc2c1)N1C2CCC1CC(C(=O)O)C2. The Hall–Kier alpha value is -2.28. The standard InChI is InChI=1S/C28H34F3NO3/c1-16-3-9-23(10-4-16)35-25-12-6-19-13-18(5-11-24(19)26(25)28(29,30)31)17(2)32-21-7-8-22(32)15-20(14-21)27(33)34/h5-6,11-13,16-17,20-23H,3-4,7-10,14-15H2,1-2H3,(H,33,34)/t16-,17?,20?,21?,22?,23+. The Labute approximate surface area is 204 Å². The van der Waals surface area contributed by atoms with Gasteiger partial charge in [-0.3, -0.25) is 9.69 Å². The minimum atomic E-state index is -4.51. The summed E-state index contributed by atoms with van der Waals surface area (Å²) in [5, 5.41) is 10.2. The smallest absolute Gasteiger partial charge is 0.420 e. The van der Waals surface area contributed by atoms with Gasteiger partial charge in [0.25, 0.3) is 0 Å². The Morgan fingerprint density at radius 1 is 1.03 bits per heavy atom. The Morgan fingerprint density at radius 2 is 1.69 bits per heavy atom. The van der Waals surface area contributed by atoms with E-state index in [0.717, 1.165) is 44.1 Å². The van der Waals surface area contributed by atoms with Crippen LogP contribution in [0.2, 0.25) is 0 Å². The fourth-order valence-electron chi connectivity index (χ4n) is 6.73. The van der Waals surface area contributed by atoms with Gasteiger partial charge in [0.05, 0.1) is 12.0 Å². The summed E-state index contributed by atoms with van der Waals surface area (Å²) in [5.74, 6) is -0.494. The van der Waals surface area contributed by atoms with Crippen molar-refractivity contribution in [3.8, 4) is 5.75 Å². The predicted molar refractivity (Wildman–Crippen MR) is 128 cm³/mol. The van der Waals surface area contributed by atoms with Crippen LogP contribution in [0.3, 0.4) is 0 Å². The third-order valence-corrected chi connectivity index (χ3v) is 8.61. The minimum absolute atomic E-state index is 0.0149. The van der Waals surface area contributed by atoms with Gasteiger partial charge in [0.15, 0.2) is 0 Å². The second-order valence-electron chi connectivity index (χ2n) is 10.9. The molecule has 0 spiro atoms. The number of piperidine rings is 1. The number of carbonyl (C=O) groups is 1. The van der Waals surface area contributed by atoms with Crippen LogP contribution in [0, 0.1) is 11.8 Å². The summed E-state index contributed by atoms with van der Waals surface area (Å²) in [6.45, 7) is 4.26. The normalized spacial score (nSPS) is 30.4. The molecule has 7 heteroatoms. The van der Waals surface area contributed by atoms with Crippen LogP contribution in [0.4, 0.5) is 13.2 Å². The maximum absolute atomic E-state index is 14.2. The summed E-state index contributed by atoms with van der Waals surface area (Å²) in [7, 11) is 0. The van der Waals surface area contributed by atoms with Crippen LogP contribution in [0.1, 0.15) is 82.4 Å². The molecule has 2 aromatic carbocycles. The lowest BCUT2D eigenvalue weighted by Crippen LogP contribution is -2.45.